The van der Waals surface area contributed by atoms with Crippen LogP contribution in [0.25, 0.3) is 11.3 Å². The van der Waals surface area contributed by atoms with E-state index in [2.05, 4.69) is 15.1 Å². The summed E-state index contributed by atoms with van der Waals surface area (Å²) in [5, 5.41) is 9.28. The Balaban J connectivity index is 1.36. The highest BCUT2D eigenvalue weighted by Crippen LogP contribution is 2.26. The third kappa shape index (κ3) is 4.38. The molecule has 1 aliphatic heterocycles. The van der Waals surface area contributed by atoms with E-state index >= 15 is 0 Å². The van der Waals surface area contributed by atoms with Crippen molar-refractivity contribution < 1.29 is 9.18 Å². The van der Waals surface area contributed by atoms with Gasteiger partial charge in [0.15, 0.2) is 5.82 Å². The largest absolute Gasteiger partial charge is 0.352 e. The van der Waals surface area contributed by atoms with Gasteiger partial charge in [-0.1, -0.05) is 48.0 Å². The zero-order chi connectivity index (χ0) is 20.2. The molecule has 3 aromatic rings. The Kier molecular flexibility index (Phi) is 5.71. The smallest absolute Gasteiger partial charge is 0.227 e. The highest BCUT2D eigenvalue weighted by Gasteiger charge is 2.23. The second kappa shape index (κ2) is 8.57. The minimum absolute atomic E-state index is 0.0603. The number of nitrogens with zero attached hydrogens (tertiary/aromatic N) is 4. The lowest BCUT2D eigenvalue weighted by atomic mass is 10.1. The van der Waals surface area contributed by atoms with Gasteiger partial charge in [-0.05, 0) is 29.8 Å². The highest BCUT2D eigenvalue weighted by molar-refractivity contribution is 6.33. The average Bonchev–Trinajstić information content (AvgIpc) is 2.76. The van der Waals surface area contributed by atoms with Gasteiger partial charge in [0.1, 0.15) is 5.82 Å². The lowest BCUT2D eigenvalue weighted by molar-refractivity contribution is -0.130. The third-order valence-electron chi connectivity index (χ3n) is 5.06. The maximum atomic E-state index is 13.8. The summed E-state index contributed by atoms with van der Waals surface area (Å²) < 4.78 is 13.8. The molecule has 1 aliphatic rings. The van der Waals surface area contributed by atoms with Gasteiger partial charge in [0.25, 0.3) is 0 Å². The van der Waals surface area contributed by atoms with Crippen LogP contribution in [0.3, 0.4) is 0 Å². The first-order valence-corrected chi connectivity index (χ1v) is 9.84. The molecule has 29 heavy (non-hydrogen) atoms. The van der Waals surface area contributed by atoms with E-state index in [0.717, 1.165) is 17.1 Å². The van der Waals surface area contributed by atoms with Gasteiger partial charge in [-0.3, -0.25) is 4.79 Å². The topological polar surface area (TPSA) is 49.3 Å². The number of hydrogen-bond donors (Lipinski definition) is 0. The number of aromatic nitrogens is 2. The average molecular weight is 411 g/mol. The van der Waals surface area contributed by atoms with Crippen molar-refractivity contribution >= 4 is 23.3 Å². The SMILES string of the molecule is O=C(Cc1ccccc1F)N1CCN(c2ccc(-c3ccccc3Cl)nn2)CC1. The molecule has 4 rings (SSSR count). The van der Waals surface area contributed by atoms with E-state index in [9.17, 15) is 9.18 Å². The zero-order valence-corrected chi connectivity index (χ0v) is 16.5. The minimum Gasteiger partial charge on any atom is -0.352 e. The molecular weight excluding hydrogens is 391 g/mol. The van der Waals surface area contributed by atoms with Crippen molar-refractivity contribution in [3.8, 4) is 11.3 Å². The quantitative estimate of drug-likeness (QED) is 0.656. The Bertz CT molecular complexity index is 1000. The maximum Gasteiger partial charge on any atom is 0.227 e. The van der Waals surface area contributed by atoms with E-state index in [0.29, 0.717) is 36.8 Å². The number of piperazine rings is 1. The fourth-order valence-corrected chi connectivity index (χ4v) is 3.64. The predicted octanol–water partition coefficient (Wildman–Crippen LogP) is 3.83. The molecule has 0 bridgehead atoms. The minimum atomic E-state index is -0.339. The van der Waals surface area contributed by atoms with Crippen LogP contribution in [0, 0.1) is 5.82 Å². The molecular formula is C22H20ClFN4O. The molecule has 2 heterocycles. The molecule has 0 atom stereocenters. The summed E-state index contributed by atoms with van der Waals surface area (Å²) in [6.45, 7) is 2.45. The molecule has 148 valence electrons. The number of amides is 1. The maximum absolute atomic E-state index is 13.8. The molecule has 0 aliphatic carbocycles. The van der Waals surface area contributed by atoms with Crippen molar-refractivity contribution in [2.24, 2.45) is 0 Å². The van der Waals surface area contributed by atoms with Crippen LogP contribution in [0.4, 0.5) is 10.2 Å². The van der Waals surface area contributed by atoms with Gasteiger partial charge in [-0.2, -0.15) is 0 Å². The summed E-state index contributed by atoms with van der Waals surface area (Å²) in [5.41, 5.74) is 2.00. The lowest BCUT2D eigenvalue weighted by Crippen LogP contribution is -2.49. The lowest BCUT2D eigenvalue weighted by Gasteiger charge is -2.35. The van der Waals surface area contributed by atoms with Gasteiger partial charge in [0, 0.05) is 31.7 Å². The van der Waals surface area contributed by atoms with Crippen molar-refractivity contribution in [3.63, 3.8) is 0 Å². The van der Waals surface area contributed by atoms with E-state index in [1.165, 1.54) is 6.07 Å². The molecule has 1 amide bonds. The Morgan fingerprint density at radius 2 is 1.66 bits per heavy atom. The van der Waals surface area contributed by atoms with E-state index < -0.39 is 0 Å². The summed E-state index contributed by atoms with van der Waals surface area (Å²) >= 11 is 6.22. The van der Waals surface area contributed by atoms with Crippen molar-refractivity contribution in [2.75, 3.05) is 31.1 Å². The van der Waals surface area contributed by atoms with Crippen LogP contribution in [-0.2, 0) is 11.2 Å². The van der Waals surface area contributed by atoms with Gasteiger partial charge < -0.3 is 9.80 Å². The van der Waals surface area contributed by atoms with Crippen LogP contribution in [0.5, 0.6) is 0 Å². The molecule has 7 heteroatoms. The van der Waals surface area contributed by atoms with E-state index in [1.54, 1.807) is 23.1 Å². The van der Waals surface area contributed by atoms with Crippen LogP contribution >= 0.6 is 11.6 Å². The Labute approximate surface area is 173 Å². The second-order valence-corrected chi connectivity index (χ2v) is 7.30. The van der Waals surface area contributed by atoms with Crippen LogP contribution in [0.15, 0.2) is 60.7 Å². The fraction of sp³-hybridized carbons (Fsp3) is 0.227. The molecule has 0 N–H and O–H groups in total. The summed E-state index contributed by atoms with van der Waals surface area (Å²) in [5.74, 6) is 0.366. The third-order valence-corrected chi connectivity index (χ3v) is 5.39. The number of anilines is 1. The summed E-state index contributed by atoms with van der Waals surface area (Å²) in [4.78, 5) is 16.4. The predicted molar refractivity (Wildman–Crippen MR) is 111 cm³/mol. The van der Waals surface area contributed by atoms with Crippen molar-refractivity contribution in [1.29, 1.82) is 0 Å². The highest BCUT2D eigenvalue weighted by atomic mass is 35.5. The molecule has 1 aromatic heterocycles. The number of rotatable bonds is 4. The first kappa shape index (κ1) is 19.3. The van der Waals surface area contributed by atoms with Crippen LogP contribution < -0.4 is 4.90 Å². The molecule has 0 spiro atoms. The van der Waals surface area contributed by atoms with Gasteiger partial charge in [-0.25, -0.2) is 4.39 Å². The molecule has 5 nitrogen and oxygen atoms in total. The fourth-order valence-electron chi connectivity index (χ4n) is 3.41. The van der Waals surface area contributed by atoms with Gasteiger partial charge in [0.05, 0.1) is 17.1 Å². The Morgan fingerprint density at radius 1 is 0.931 bits per heavy atom. The molecule has 1 saturated heterocycles. The normalized spacial score (nSPS) is 14.1. The Morgan fingerprint density at radius 3 is 2.34 bits per heavy atom. The van der Waals surface area contributed by atoms with Crippen LogP contribution in [0.2, 0.25) is 5.02 Å². The van der Waals surface area contributed by atoms with E-state index in [-0.39, 0.29) is 18.1 Å². The first-order valence-electron chi connectivity index (χ1n) is 9.46. The summed E-state index contributed by atoms with van der Waals surface area (Å²) in [6, 6.07) is 17.7. The standard InChI is InChI=1S/C22H20ClFN4O/c23-18-7-3-2-6-17(18)20-9-10-21(26-25-20)27-11-13-28(14-12-27)22(29)15-16-5-1-4-8-19(16)24/h1-10H,11-15H2. The number of benzene rings is 2. The molecule has 0 unspecified atom stereocenters. The molecule has 1 fully saturated rings. The van der Waals surface area contributed by atoms with Crippen molar-refractivity contribution in [3.05, 3.63) is 77.1 Å². The summed E-state index contributed by atoms with van der Waals surface area (Å²) in [7, 11) is 0. The zero-order valence-electron chi connectivity index (χ0n) is 15.8. The molecule has 2 aromatic carbocycles. The van der Waals surface area contributed by atoms with Crippen LogP contribution in [0.1, 0.15) is 5.56 Å². The van der Waals surface area contributed by atoms with Gasteiger partial charge in [-0.15, -0.1) is 10.2 Å². The summed E-state index contributed by atoms with van der Waals surface area (Å²) in [6.07, 6.45) is 0.0824. The molecule has 0 radical (unpaired) electrons. The molecule has 0 saturated carbocycles. The number of hydrogen-bond acceptors (Lipinski definition) is 4. The van der Waals surface area contributed by atoms with Gasteiger partial charge in [0.2, 0.25) is 5.91 Å². The van der Waals surface area contributed by atoms with E-state index in [1.807, 2.05) is 36.4 Å². The van der Waals surface area contributed by atoms with Crippen LogP contribution in [-0.4, -0.2) is 47.2 Å². The van der Waals surface area contributed by atoms with Gasteiger partial charge >= 0.3 is 0 Å². The van der Waals surface area contributed by atoms with E-state index in [4.69, 9.17) is 11.6 Å². The number of halogens is 2. The number of carbonyl (C=O) groups excluding carboxylic acids is 1. The number of carbonyl (C=O) groups is 1. The monoisotopic (exact) mass is 410 g/mol. The Hall–Kier alpha value is -2.99. The second-order valence-electron chi connectivity index (χ2n) is 6.89. The van der Waals surface area contributed by atoms with Crippen molar-refractivity contribution in [1.82, 2.24) is 15.1 Å². The van der Waals surface area contributed by atoms with Crippen molar-refractivity contribution in [2.45, 2.75) is 6.42 Å². The first-order chi connectivity index (χ1) is 14.1.